The lowest BCUT2D eigenvalue weighted by atomic mass is 10.0. The van der Waals surface area contributed by atoms with E-state index in [0.29, 0.717) is 0 Å². The Bertz CT molecular complexity index is 483. The second-order valence-electron chi connectivity index (χ2n) is 3.97. The van der Waals surface area contributed by atoms with Crippen molar-refractivity contribution in [1.29, 1.82) is 0 Å². The number of aromatic nitrogens is 2. The Hall–Kier alpha value is -0.910. The summed E-state index contributed by atoms with van der Waals surface area (Å²) in [4.78, 5) is 4.13. The molecule has 0 saturated heterocycles. The van der Waals surface area contributed by atoms with Gasteiger partial charge in [0, 0.05) is 11.8 Å². The van der Waals surface area contributed by atoms with Gasteiger partial charge in [0.15, 0.2) is 4.34 Å². The standard InChI is InChI=1S/C12H15N3S2/c1-8-3-4-10(5-9(8)2)11(13)6-16-12-14-7-15-17-12/h3-5,7,11H,6,13H2,1-2H3. The van der Waals surface area contributed by atoms with E-state index >= 15 is 0 Å². The van der Waals surface area contributed by atoms with Gasteiger partial charge >= 0.3 is 0 Å². The van der Waals surface area contributed by atoms with E-state index in [9.17, 15) is 0 Å². The maximum atomic E-state index is 6.17. The van der Waals surface area contributed by atoms with Gasteiger partial charge in [-0.1, -0.05) is 30.0 Å². The van der Waals surface area contributed by atoms with Crippen LogP contribution in [-0.2, 0) is 0 Å². The minimum Gasteiger partial charge on any atom is -0.323 e. The average molecular weight is 265 g/mol. The Balaban J connectivity index is 1.99. The lowest BCUT2D eigenvalue weighted by molar-refractivity contribution is 0.828. The van der Waals surface area contributed by atoms with Gasteiger partial charge in [-0.25, -0.2) is 4.98 Å². The summed E-state index contributed by atoms with van der Waals surface area (Å²) in [5.41, 5.74) is 9.95. The first kappa shape index (κ1) is 12.5. The summed E-state index contributed by atoms with van der Waals surface area (Å²) in [5.74, 6) is 0.831. The zero-order valence-electron chi connectivity index (χ0n) is 9.88. The largest absolute Gasteiger partial charge is 0.323 e. The van der Waals surface area contributed by atoms with Crippen LogP contribution in [-0.4, -0.2) is 15.1 Å². The molecular weight excluding hydrogens is 250 g/mol. The number of hydrogen-bond donors (Lipinski definition) is 1. The number of benzene rings is 1. The summed E-state index contributed by atoms with van der Waals surface area (Å²) in [6.45, 7) is 4.23. The highest BCUT2D eigenvalue weighted by molar-refractivity contribution is 8.00. The van der Waals surface area contributed by atoms with Gasteiger partial charge in [-0.3, -0.25) is 0 Å². The number of thioether (sulfide) groups is 1. The summed E-state index contributed by atoms with van der Waals surface area (Å²) in [5, 5.41) is 0. The van der Waals surface area contributed by atoms with Crippen molar-refractivity contribution < 1.29 is 0 Å². The predicted molar refractivity (Wildman–Crippen MR) is 73.5 cm³/mol. The maximum absolute atomic E-state index is 6.17. The van der Waals surface area contributed by atoms with Gasteiger partial charge in [-0.15, -0.1) is 0 Å². The molecule has 3 nitrogen and oxygen atoms in total. The zero-order chi connectivity index (χ0) is 12.3. The van der Waals surface area contributed by atoms with Crippen molar-refractivity contribution in [2.45, 2.75) is 24.2 Å². The molecule has 1 unspecified atom stereocenters. The minimum absolute atomic E-state index is 0.0446. The molecule has 0 spiro atoms. The van der Waals surface area contributed by atoms with E-state index in [0.717, 1.165) is 10.1 Å². The molecular formula is C12H15N3S2. The highest BCUT2D eigenvalue weighted by Crippen LogP contribution is 2.24. The van der Waals surface area contributed by atoms with Crippen LogP contribution < -0.4 is 5.73 Å². The predicted octanol–water partition coefficient (Wildman–Crippen LogP) is 2.95. The number of nitrogens with two attached hydrogens (primary N) is 1. The summed E-state index contributed by atoms with van der Waals surface area (Å²) in [6.07, 6.45) is 1.58. The monoisotopic (exact) mass is 265 g/mol. The zero-order valence-corrected chi connectivity index (χ0v) is 11.5. The first-order chi connectivity index (χ1) is 8.16. The van der Waals surface area contributed by atoms with Crippen molar-refractivity contribution in [3.05, 3.63) is 41.2 Å². The Morgan fingerprint density at radius 3 is 2.82 bits per heavy atom. The summed E-state index contributed by atoms with van der Waals surface area (Å²) >= 11 is 3.07. The van der Waals surface area contributed by atoms with Crippen molar-refractivity contribution >= 4 is 23.3 Å². The van der Waals surface area contributed by atoms with Gasteiger partial charge in [0.1, 0.15) is 6.33 Å². The lowest BCUT2D eigenvalue weighted by Crippen LogP contribution is -2.13. The van der Waals surface area contributed by atoms with E-state index in [2.05, 4.69) is 41.4 Å². The molecule has 0 aliphatic carbocycles. The Morgan fingerprint density at radius 2 is 2.18 bits per heavy atom. The van der Waals surface area contributed by atoms with Crippen molar-refractivity contribution in [3.63, 3.8) is 0 Å². The fraction of sp³-hybridized carbons (Fsp3) is 0.333. The van der Waals surface area contributed by atoms with Gasteiger partial charge in [-0.2, -0.15) is 4.37 Å². The van der Waals surface area contributed by atoms with E-state index in [4.69, 9.17) is 5.73 Å². The molecule has 1 aromatic carbocycles. The molecule has 1 atom stereocenters. The van der Waals surface area contributed by atoms with Gasteiger partial charge in [0.05, 0.1) is 0 Å². The number of aryl methyl sites for hydroxylation is 2. The van der Waals surface area contributed by atoms with Crippen LogP contribution in [0.1, 0.15) is 22.7 Å². The normalized spacial score (nSPS) is 12.6. The molecule has 0 aliphatic rings. The molecule has 1 heterocycles. The molecule has 0 amide bonds. The third-order valence-electron chi connectivity index (χ3n) is 2.69. The van der Waals surface area contributed by atoms with Gasteiger partial charge in [0.2, 0.25) is 0 Å². The highest BCUT2D eigenvalue weighted by Gasteiger charge is 2.08. The molecule has 5 heteroatoms. The third kappa shape index (κ3) is 3.28. The van der Waals surface area contributed by atoms with Crippen molar-refractivity contribution in [1.82, 2.24) is 9.36 Å². The number of rotatable bonds is 4. The molecule has 2 aromatic rings. The Morgan fingerprint density at radius 1 is 1.35 bits per heavy atom. The van der Waals surface area contributed by atoms with Crippen molar-refractivity contribution in [2.75, 3.05) is 5.75 Å². The van der Waals surface area contributed by atoms with E-state index in [1.807, 2.05) is 0 Å². The molecule has 17 heavy (non-hydrogen) atoms. The van der Waals surface area contributed by atoms with Crippen LogP contribution in [0.2, 0.25) is 0 Å². The van der Waals surface area contributed by atoms with E-state index in [1.165, 1.54) is 28.2 Å². The SMILES string of the molecule is Cc1ccc(C(N)CSc2ncns2)cc1C. The molecule has 90 valence electrons. The van der Waals surface area contributed by atoms with E-state index in [1.54, 1.807) is 18.1 Å². The lowest BCUT2D eigenvalue weighted by Gasteiger charge is -2.12. The summed E-state index contributed by atoms with van der Waals surface area (Å²) in [6, 6.07) is 6.44. The van der Waals surface area contributed by atoms with Crippen LogP contribution in [0, 0.1) is 13.8 Å². The van der Waals surface area contributed by atoms with Crippen LogP contribution in [0.3, 0.4) is 0 Å². The van der Waals surface area contributed by atoms with E-state index < -0.39 is 0 Å². The first-order valence-corrected chi connectivity index (χ1v) is 7.15. The fourth-order valence-corrected chi connectivity index (χ4v) is 2.94. The van der Waals surface area contributed by atoms with Crippen LogP contribution in [0.4, 0.5) is 0 Å². The third-order valence-corrected chi connectivity index (χ3v) is 4.60. The first-order valence-electron chi connectivity index (χ1n) is 5.39. The number of hydrogen-bond acceptors (Lipinski definition) is 5. The van der Waals surface area contributed by atoms with Crippen LogP contribution in [0.5, 0.6) is 0 Å². The second kappa shape index (κ2) is 5.62. The molecule has 0 radical (unpaired) electrons. The molecule has 0 saturated carbocycles. The molecule has 1 aromatic heterocycles. The quantitative estimate of drug-likeness (QED) is 0.864. The second-order valence-corrected chi connectivity index (χ2v) is 6.02. The van der Waals surface area contributed by atoms with Gasteiger partial charge < -0.3 is 5.73 Å². The molecule has 0 bridgehead atoms. The summed E-state index contributed by atoms with van der Waals surface area (Å²) in [7, 11) is 0. The highest BCUT2D eigenvalue weighted by atomic mass is 32.2. The minimum atomic E-state index is 0.0446. The molecule has 0 fully saturated rings. The number of nitrogens with zero attached hydrogens (tertiary/aromatic N) is 2. The van der Waals surface area contributed by atoms with Crippen molar-refractivity contribution in [3.8, 4) is 0 Å². The van der Waals surface area contributed by atoms with Crippen LogP contribution in [0.25, 0.3) is 0 Å². The molecule has 0 aliphatic heterocycles. The maximum Gasteiger partial charge on any atom is 0.169 e. The van der Waals surface area contributed by atoms with E-state index in [-0.39, 0.29) is 6.04 Å². The van der Waals surface area contributed by atoms with Crippen LogP contribution in [0.15, 0.2) is 28.9 Å². The summed E-state index contributed by atoms with van der Waals surface area (Å²) < 4.78 is 4.94. The Kier molecular flexibility index (Phi) is 4.15. The van der Waals surface area contributed by atoms with Crippen molar-refractivity contribution in [2.24, 2.45) is 5.73 Å². The molecule has 2 rings (SSSR count). The fourth-order valence-electron chi connectivity index (χ4n) is 1.48. The van der Waals surface area contributed by atoms with Gasteiger partial charge in [-0.05, 0) is 42.1 Å². The molecule has 2 N–H and O–H groups in total. The smallest absolute Gasteiger partial charge is 0.169 e. The topological polar surface area (TPSA) is 51.8 Å². The van der Waals surface area contributed by atoms with Gasteiger partial charge in [0.25, 0.3) is 0 Å². The van der Waals surface area contributed by atoms with Crippen LogP contribution >= 0.6 is 23.3 Å². The average Bonchev–Trinajstić information content (AvgIpc) is 2.82. The Labute approximate surface area is 110 Å².